The normalized spacial score (nSPS) is 10.7. The molecule has 0 radical (unpaired) electrons. The van der Waals surface area contributed by atoms with Crippen molar-refractivity contribution in [1.29, 1.82) is 0 Å². The fourth-order valence-corrected chi connectivity index (χ4v) is 2.52. The lowest BCUT2D eigenvalue weighted by molar-refractivity contribution is 0.390. The lowest BCUT2D eigenvalue weighted by atomic mass is 10.2. The summed E-state index contributed by atoms with van der Waals surface area (Å²) in [5.74, 6) is 3.31. The van der Waals surface area contributed by atoms with Gasteiger partial charge in [-0.2, -0.15) is 15.0 Å². The van der Waals surface area contributed by atoms with Crippen LogP contribution in [0.5, 0.6) is 11.5 Å². The summed E-state index contributed by atoms with van der Waals surface area (Å²) >= 11 is 3.46. The smallest absolute Gasteiger partial charge is 0.232 e. The molecular formula is C16H22BrN5O2. The molecule has 1 aromatic carbocycles. The number of halogens is 1. The molecule has 0 spiro atoms. The Balaban J connectivity index is 2.43. The van der Waals surface area contributed by atoms with E-state index in [1.54, 1.807) is 14.2 Å². The van der Waals surface area contributed by atoms with Crippen molar-refractivity contribution in [1.82, 2.24) is 15.0 Å². The van der Waals surface area contributed by atoms with Crippen molar-refractivity contribution < 1.29 is 9.47 Å². The summed E-state index contributed by atoms with van der Waals surface area (Å²) in [5.41, 5.74) is 0.762. The highest BCUT2D eigenvalue weighted by Crippen LogP contribution is 2.38. The van der Waals surface area contributed by atoms with Gasteiger partial charge in [0.1, 0.15) is 21.8 Å². The van der Waals surface area contributed by atoms with Crippen molar-refractivity contribution in [3.63, 3.8) is 0 Å². The largest absolute Gasteiger partial charge is 0.495 e. The standard InChI is InChI=1S/C16H22BrN5O2/c1-9(2)14-19-15(21-16(20-14)22(3)4)18-10-7-11(23-5)13(17)12(8-10)24-6/h7-9H,1-6H3,(H,18,19,20,21). The summed E-state index contributed by atoms with van der Waals surface area (Å²) in [6, 6.07) is 3.70. The van der Waals surface area contributed by atoms with Gasteiger partial charge < -0.3 is 19.7 Å². The minimum atomic E-state index is 0.196. The molecule has 1 heterocycles. The van der Waals surface area contributed by atoms with E-state index in [2.05, 4.69) is 36.2 Å². The Kier molecular flexibility index (Phi) is 5.82. The number of rotatable bonds is 6. The van der Waals surface area contributed by atoms with E-state index in [9.17, 15) is 0 Å². The second-order valence-corrected chi connectivity index (χ2v) is 6.48. The molecule has 1 aromatic heterocycles. The summed E-state index contributed by atoms with van der Waals surface area (Å²) in [7, 11) is 7.00. The molecule has 8 heteroatoms. The van der Waals surface area contributed by atoms with E-state index in [4.69, 9.17) is 9.47 Å². The number of ether oxygens (including phenoxy) is 2. The molecule has 0 fully saturated rings. The SMILES string of the molecule is COc1cc(Nc2nc(C(C)C)nc(N(C)C)n2)cc(OC)c1Br. The lowest BCUT2D eigenvalue weighted by Crippen LogP contribution is -2.16. The summed E-state index contributed by atoms with van der Waals surface area (Å²) in [6.45, 7) is 4.09. The quantitative estimate of drug-likeness (QED) is 0.800. The molecule has 2 rings (SSSR count). The number of nitrogens with zero attached hydrogens (tertiary/aromatic N) is 4. The molecule has 0 aliphatic rings. The fraction of sp³-hybridized carbons (Fsp3) is 0.438. The Hall–Kier alpha value is -2.09. The van der Waals surface area contributed by atoms with Crippen LogP contribution in [0.4, 0.5) is 17.6 Å². The van der Waals surface area contributed by atoms with Gasteiger partial charge in [-0.3, -0.25) is 0 Å². The molecule has 0 atom stereocenters. The minimum Gasteiger partial charge on any atom is -0.495 e. The highest BCUT2D eigenvalue weighted by atomic mass is 79.9. The maximum absolute atomic E-state index is 5.36. The van der Waals surface area contributed by atoms with E-state index in [0.717, 1.165) is 16.0 Å². The van der Waals surface area contributed by atoms with Crippen molar-refractivity contribution in [2.24, 2.45) is 0 Å². The van der Waals surface area contributed by atoms with Gasteiger partial charge in [0.05, 0.1) is 14.2 Å². The van der Waals surface area contributed by atoms with E-state index in [-0.39, 0.29) is 5.92 Å². The van der Waals surface area contributed by atoms with Crippen molar-refractivity contribution in [3.05, 3.63) is 22.4 Å². The van der Waals surface area contributed by atoms with Crippen LogP contribution in [0.1, 0.15) is 25.6 Å². The predicted octanol–water partition coefficient (Wildman–Crippen LogP) is 3.58. The second kappa shape index (κ2) is 7.65. The summed E-state index contributed by atoms with van der Waals surface area (Å²) in [5, 5.41) is 3.20. The van der Waals surface area contributed by atoms with Gasteiger partial charge in [0, 0.05) is 37.8 Å². The van der Waals surface area contributed by atoms with Crippen LogP contribution in [0.2, 0.25) is 0 Å². The molecule has 1 N–H and O–H groups in total. The number of nitrogens with one attached hydrogen (secondary N) is 1. The predicted molar refractivity (Wildman–Crippen MR) is 98.8 cm³/mol. The van der Waals surface area contributed by atoms with Gasteiger partial charge in [0.25, 0.3) is 0 Å². The molecule has 0 aliphatic heterocycles. The summed E-state index contributed by atoms with van der Waals surface area (Å²) in [6.07, 6.45) is 0. The van der Waals surface area contributed by atoms with Crippen LogP contribution in [0.15, 0.2) is 16.6 Å². The molecule has 0 saturated carbocycles. The lowest BCUT2D eigenvalue weighted by Gasteiger charge is -2.16. The van der Waals surface area contributed by atoms with Gasteiger partial charge >= 0.3 is 0 Å². The second-order valence-electron chi connectivity index (χ2n) is 5.69. The molecular weight excluding hydrogens is 374 g/mol. The monoisotopic (exact) mass is 395 g/mol. The zero-order chi connectivity index (χ0) is 17.9. The van der Waals surface area contributed by atoms with Gasteiger partial charge in [0.15, 0.2) is 0 Å². The molecule has 0 amide bonds. The first-order chi connectivity index (χ1) is 11.3. The van der Waals surface area contributed by atoms with Crippen LogP contribution in [-0.2, 0) is 0 Å². The number of methoxy groups -OCH3 is 2. The first-order valence-electron chi connectivity index (χ1n) is 7.47. The van der Waals surface area contributed by atoms with E-state index in [0.29, 0.717) is 23.4 Å². The van der Waals surface area contributed by atoms with Crippen LogP contribution in [-0.4, -0.2) is 43.3 Å². The molecule has 0 bridgehead atoms. The third-order valence-electron chi connectivity index (χ3n) is 3.26. The van der Waals surface area contributed by atoms with Crippen LogP contribution in [0, 0.1) is 0 Å². The van der Waals surface area contributed by atoms with Crippen molar-refractivity contribution >= 4 is 33.5 Å². The first-order valence-corrected chi connectivity index (χ1v) is 8.26. The number of hydrogen-bond donors (Lipinski definition) is 1. The van der Waals surface area contributed by atoms with Crippen molar-refractivity contribution in [3.8, 4) is 11.5 Å². The number of anilines is 3. The van der Waals surface area contributed by atoms with Gasteiger partial charge in [0.2, 0.25) is 11.9 Å². The third-order valence-corrected chi connectivity index (χ3v) is 4.04. The number of benzene rings is 1. The maximum Gasteiger partial charge on any atom is 0.232 e. The van der Waals surface area contributed by atoms with Crippen molar-refractivity contribution in [2.75, 3.05) is 38.5 Å². The molecule has 130 valence electrons. The molecule has 0 unspecified atom stereocenters. The van der Waals surface area contributed by atoms with Gasteiger partial charge in [-0.05, 0) is 15.9 Å². The van der Waals surface area contributed by atoms with Crippen LogP contribution in [0.25, 0.3) is 0 Å². The Morgan fingerprint density at radius 3 is 2.08 bits per heavy atom. The van der Waals surface area contributed by atoms with Crippen LogP contribution >= 0.6 is 15.9 Å². The van der Waals surface area contributed by atoms with E-state index in [1.165, 1.54) is 0 Å². The minimum absolute atomic E-state index is 0.196. The Morgan fingerprint density at radius 1 is 1.04 bits per heavy atom. The first kappa shape index (κ1) is 18.3. The van der Waals surface area contributed by atoms with E-state index >= 15 is 0 Å². The highest BCUT2D eigenvalue weighted by molar-refractivity contribution is 9.10. The average Bonchev–Trinajstić information content (AvgIpc) is 2.55. The Bertz CT molecular complexity index is 670. The molecule has 7 nitrogen and oxygen atoms in total. The zero-order valence-electron chi connectivity index (χ0n) is 14.7. The Morgan fingerprint density at radius 2 is 1.62 bits per heavy atom. The van der Waals surface area contributed by atoms with Crippen molar-refractivity contribution in [2.45, 2.75) is 19.8 Å². The maximum atomic E-state index is 5.36. The fourth-order valence-electron chi connectivity index (χ4n) is 1.97. The van der Waals surface area contributed by atoms with Gasteiger partial charge in [-0.25, -0.2) is 0 Å². The summed E-state index contributed by atoms with van der Waals surface area (Å²) in [4.78, 5) is 15.2. The average molecular weight is 396 g/mol. The molecule has 2 aromatic rings. The van der Waals surface area contributed by atoms with Gasteiger partial charge in [-0.15, -0.1) is 0 Å². The van der Waals surface area contributed by atoms with Crippen LogP contribution in [0.3, 0.4) is 0 Å². The number of hydrogen-bond acceptors (Lipinski definition) is 7. The molecule has 0 aliphatic carbocycles. The van der Waals surface area contributed by atoms with E-state index in [1.807, 2.05) is 45.0 Å². The third kappa shape index (κ3) is 4.05. The zero-order valence-corrected chi connectivity index (χ0v) is 16.3. The Labute approximate surface area is 150 Å². The molecule has 24 heavy (non-hydrogen) atoms. The summed E-state index contributed by atoms with van der Waals surface area (Å²) < 4.78 is 11.5. The topological polar surface area (TPSA) is 72.4 Å². The molecule has 0 saturated heterocycles. The number of aromatic nitrogens is 3. The van der Waals surface area contributed by atoms with Gasteiger partial charge in [-0.1, -0.05) is 13.8 Å². The highest BCUT2D eigenvalue weighted by Gasteiger charge is 2.14. The van der Waals surface area contributed by atoms with E-state index < -0.39 is 0 Å². The van der Waals surface area contributed by atoms with Crippen LogP contribution < -0.4 is 19.7 Å².